The lowest BCUT2D eigenvalue weighted by Gasteiger charge is -2.27. The summed E-state index contributed by atoms with van der Waals surface area (Å²) in [6, 6.07) is 9.10. The maximum Gasteiger partial charge on any atom is 0.197 e. The van der Waals surface area contributed by atoms with Crippen LogP contribution >= 0.6 is 0 Å². The molecule has 0 unspecified atom stereocenters. The molecule has 120 valence electrons. The number of para-hydroxylation sites is 1. The fourth-order valence-corrected chi connectivity index (χ4v) is 2.26. The van der Waals surface area contributed by atoms with Gasteiger partial charge in [0.2, 0.25) is 0 Å². The lowest BCUT2D eigenvalue weighted by atomic mass is 10.1. The molecule has 1 heterocycles. The van der Waals surface area contributed by atoms with Crippen molar-refractivity contribution in [1.82, 2.24) is 4.98 Å². The molecule has 0 saturated carbocycles. The Labute approximate surface area is 135 Å². The number of methoxy groups -OCH3 is 2. The van der Waals surface area contributed by atoms with E-state index in [0.717, 1.165) is 5.56 Å². The molecule has 0 bridgehead atoms. The van der Waals surface area contributed by atoms with Crippen LogP contribution in [-0.4, -0.2) is 25.2 Å². The van der Waals surface area contributed by atoms with Gasteiger partial charge in [-0.15, -0.1) is 0 Å². The summed E-state index contributed by atoms with van der Waals surface area (Å²) < 4.78 is 10.8. The maximum atomic E-state index is 7.97. The minimum absolute atomic E-state index is 0.207. The van der Waals surface area contributed by atoms with Crippen LogP contribution in [0.2, 0.25) is 0 Å². The summed E-state index contributed by atoms with van der Waals surface area (Å²) in [7, 11) is 3.09. The summed E-state index contributed by atoms with van der Waals surface area (Å²) in [6.07, 6.45) is 1.69. The Morgan fingerprint density at radius 2 is 1.83 bits per heavy atom. The van der Waals surface area contributed by atoms with Gasteiger partial charge in [0, 0.05) is 6.20 Å². The number of benzene rings is 1. The molecule has 6 nitrogen and oxygen atoms in total. The van der Waals surface area contributed by atoms with Gasteiger partial charge in [-0.2, -0.15) is 0 Å². The summed E-state index contributed by atoms with van der Waals surface area (Å²) in [4.78, 5) is 5.76. The number of hydrogen-bond donors (Lipinski definition) is 2. The molecule has 0 fully saturated rings. The molecule has 0 aliphatic heterocycles. The Morgan fingerprint density at radius 3 is 2.30 bits per heavy atom. The van der Waals surface area contributed by atoms with Crippen LogP contribution in [0.15, 0.2) is 43.1 Å². The van der Waals surface area contributed by atoms with Gasteiger partial charge in [-0.05, 0) is 36.8 Å². The van der Waals surface area contributed by atoms with E-state index in [0.29, 0.717) is 28.6 Å². The smallest absolute Gasteiger partial charge is 0.197 e. The number of anilines is 1. The van der Waals surface area contributed by atoms with Gasteiger partial charge in [0.25, 0.3) is 0 Å². The largest absolute Gasteiger partial charge is 0.494 e. The first-order valence-electron chi connectivity index (χ1n) is 6.96. The van der Waals surface area contributed by atoms with Gasteiger partial charge in [0.05, 0.1) is 25.6 Å². The van der Waals surface area contributed by atoms with Gasteiger partial charge in [-0.25, -0.2) is 0 Å². The van der Waals surface area contributed by atoms with Crippen LogP contribution in [-0.2, 0) is 0 Å². The topological polar surface area (TPSA) is 84.5 Å². The molecule has 0 radical (unpaired) electrons. The number of nitrogens with zero attached hydrogens (tertiary/aromatic N) is 2. The Kier molecular flexibility index (Phi) is 4.85. The van der Waals surface area contributed by atoms with E-state index in [4.69, 9.17) is 20.6 Å². The van der Waals surface area contributed by atoms with E-state index in [-0.39, 0.29) is 5.96 Å². The van der Waals surface area contributed by atoms with Crippen molar-refractivity contribution in [3.63, 3.8) is 0 Å². The van der Waals surface area contributed by atoms with E-state index in [1.807, 2.05) is 19.1 Å². The fourth-order valence-electron chi connectivity index (χ4n) is 2.26. The second-order valence-corrected chi connectivity index (χ2v) is 4.90. The van der Waals surface area contributed by atoms with Crippen LogP contribution in [0.5, 0.6) is 11.5 Å². The van der Waals surface area contributed by atoms with E-state index < -0.39 is 0 Å². The van der Waals surface area contributed by atoms with Gasteiger partial charge < -0.3 is 15.2 Å². The van der Waals surface area contributed by atoms with Crippen molar-refractivity contribution in [2.45, 2.75) is 6.92 Å². The maximum absolute atomic E-state index is 7.97. The molecule has 2 aromatic rings. The lowest BCUT2D eigenvalue weighted by molar-refractivity contribution is 0.397. The molecule has 0 saturated heterocycles. The van der Waals surface area contributed by atoms with Gasteiger partial charge in [-0.1, -0.05) is 12.6 Å². The average molecular weight is 312 g/mol. The Bertz CT molecular complexity index is 721. The molecular formula is C17H20N4O2. The van der Waals surface area contributed by atoms with Crippen molar-refractivity contribution in [2.75, 3.05) is 19.1 Å². The number of nitrogens with one attached hydrogen (secondary N) is 1. The molecule has 0 atom stereocenters. The number of aromatic nitrogens is 1. The lowest BCUT2D eigenvalue weighted by Crippen LogP contribution is -2.35. The van der Waals surface area contributed by atoms with Crippen molar-refractivity contribution >= 4 is 17.3 Å². The quantitative estimate of drug-likeness (QED) is 0.655. The average Bonchev–Trinajstić information content (AvgIpc) is 2.54. The number of guanidine groups is 1. The molecular weight excluding hydrogens is 292 g/mol. The third-order valence-corrected chi connectivity index (χ3v) is 3.35. The van der Waals surface area contributed by atoms with Crippen molar-refractivity contribution in [2.24, 2.45) is 5.73 Å². The molecule has 6 heteroatoms. The standard InChI is InChI=1S/C17H20N4O2/c1-11-8-9-20-13(10-11)12(2)21(17(18)19)16-14(22-3)6-5-7-15(16)23-4/h5-10H,2H2,1,3-4H3,(H3,18,19). The van der Waals surface area contributed by atoms with Crippen LogP contribution in [0.4, 0.5) is 5.69 Å². The predicted molar refractivity (Wildman–Crippen MR) is 91.9 cm³/mol. The van der Waals surface area contributed by atoms with E-state index in [1.54, 1.807) is 38.6 Å². The minimum atomic E-state index is -0.207. The fraction of sp³-hybridized carbons (Fsp3) is 0.176. The predicted octanol–water partition coefficient (Wildman–Crippen LogP) is 2.78. The first kappa shape index (κ1) is 16.4. The van der Waals surface area contributed by atoms with Gasteiger partial charge >= 0.3 is 0 Å². The molecule has 23 heavy (non-hydrogen) atoms. The van der Waals surface area contributed by atoms with Crippen molar-refractivity contribution < 1.29 is 9.47 Å². The number of pyridine rings is 1. The third-order valence-electron chi connectivity index (χ3n) is 3.35. The van der Waals surface area contributed by atoms with Gasteiger partial charge in [-0.3, -0.25) is 15.3 Å². The summed E-state index contributed by atoms with van der Waals surface area (Å²) >= 11 is 0. The highest BCUT2D eigenvalue weighted by Crippen LogP contribution is 2.40. The van der Waals surface area contributed by atoms with Gasteiger partial charge in [0.15, 0.2) is 5.96 Å². The van der Waals surface area contributed by atoms with Crippen molar-refractivity contribution in [3.8, 4) is 11.5 Å². The first-order valence-corrected chi connectivity index (χ1v) is 6.96. The van der Waals surface area contributed by atoms with Crippen LogP contribution in [0.3, 0.4) is 0 Å². The molecule has 0 aliphatic rings. The van der Waals surface area contributed by atoms with Crippen molar-refractivity contribution in [1.29, 1.82) is 5.41 Å². The van der Waals surface area contributed by atoms with E-state index >= 15 is 0 Å². The van der Waals surface area contributed by atoms with Gasteiger partial charge in [0.1, 0.15) is 17.2 Å². The summed E-state index contributed by atoms with van der Waals surface area (Å²) in [5.41, 5.74) is 8.43. The first-order chi connectivity index (χ1) is 11.0. The number of ether oxygens (including phenoxy) is 2. The second kappa shape index (κ2) is 6.83. The van der Waals surface area contributed by atoms with E-state index in [1.165, 1.54) is 4.90 Å². The molecule has 1 aromatic heterocycles. The highest BCUT2D eigenvalue weighted by atomic mass is 16.5. The highest BCUT2D eigenvalue weighted by molar-refractivity contribution is 6.07. The zero-order chi connectivity index (χ0) is 17.0. The molecule has 0 amide bonds. The van der Waals surface area contributed by atoms with Crippen LogP contribution < -0.4 is 20.1 Å². The number of nitrogens with two attached hydrogens (primary N) is 1. The van der Waals surface area contributed by atoms with Crippen LogP contribution in [0.1, 0.15) is 11.3 Å². The molecule has 0 spiro atoms. The summed E-state index contributed by atoms with van der Waals surface area (Å²) in [5, 5.41) is 7.97. The Balaban J connectivity index is 2.60. The Hall–Kier alpha value is -3.02. The SMILES string of the molecule is C=C(c1cc(C)ccn1)N(C(=N)N)c1c(OC)cccc1OC. The number of aryl methyl sites for hydroxylation is 1. The third kappa shape index (κ3) is 3.26. The molecule has 1 aromatic carbocycles. The molecule has 3 N–H and O–H groups in total. The summed E-state index contributed by atoms with van der Waals surface area (Å²) in [5.74, 6) is 0.836. The summed E-state index contributed by atoms with van der Waals surface area (Å²) in [6.45, 7) is 6.00. The zero-order valence-electron chi connectivity index (χ0n) is 13.5. The number of rotatable bonds is 5. The van der Waals surface area contributed by atoms with E-state index in [9.17, 15) is 0 Å². The van der Waals surface area contributed by atoms with Crippen LogP contribution in [0.25, 0.3) is 5.70 Å². The zero-order valence-corrected chi connectivity index (χ0v) is 13.5. The van der Waals surface area contributed by atoms with Crippen LogP contribution in [0, 0.1) is 12.3 Å². The van der Waals surface area contributed by atoms with E-state index in [2.05, 4.69) is 11.6 Å². The minimum Gasteiger partial charge on any atom is -0.494 e. The highest BCUT2D eigenvalue weighted by Gasteiger charge is 2.24. The molecule has 0 aliphatic carbocycles. The molecule has 2 rings (SSSR count). The Morgan fingerprint density at radius 1 is 1.22 bits per heavy atom. The van der Waals surface area contributed by atoms with Crippen molar-refractivity contribution in [3.05, 3.63) is 54.4 Å². The number of hydrogen-bond acceptors (Lipinski definition) is 4. The second-order valence-electron chi connectivity index (χ2n) is 4.90. The monoisotopic (exact) mass is 312 g/mol. The normalized spacial score (nSPS) is 10.0.